The van der Waals surface area contributed by atoms with Gasteiger partial charge in [0.1, 0.15) is 5.02 Å². The molecule has 0 radical (unpaired) electrons. The summed E-state index contributed by atoms with van der Waals surface area (Å²) in [7, 11) is 0. The Morgan fingerprint density at radius 1 is 1.21 bits per heavy atom. The van der Waals surface area contributed by atoms with Gasteiger partial charge in [0, 0.05) is 12.3 Å². The number of benzene rings is 1. The first-order valence-electron chi connectivity index (χ1n) is 7.05. The fraction of sp³-hybridized carbons (Fsp3) is 0.400. The van der Waals surface area contributed by atoms with E-state index in [0.717, 1.165) is 19.1 Å². The van der Waals surface area contributed by atoms with E-state index in [-0.39, 0.29) is 12.6 Å². The molecule has 1 aliphatic carbocycles. The highest BCUT2D eigenvalue weighted by atomic mass is 35.5. The topological polar surface area (TPSA) is 55.7 Å². The van der Waals surface area contributed by atoms with E-state index in [4.69, 9.17) is 27.9 Å². The number of hydrogen-bond acceptors (Lipinski definition) is 4. The fourth-order valence-corrected chi connectivity index (χ4v) is 2.31. The van der Waals surface area contributed by atoms with Gasteiger partial charge < -0.3 is 4.74 Å². The van der Waals surface area contributed by atoms with E-state index in [1.54, 1.807) is 0 Å². The van der Waals surface area contributed by atoms with Crippen LogP contribution in [0.1, 0.15) is 30.1 Å². The third kappa shape index (κ3) is 3.72. The van der Waals surface area contributed by atoms with Crippen LogP contribution in [-0.2, 0) is 9.53 Å². The summed E-state index contributed by atoms with van der Waals surface area (Å²) in [6.07, 6.45) is 2.61. The molecule has 1 unspecified atom stereocenters. The van der Waals surface area contributed by atoms with Crippen LogP contribution in [0.15, 0.2) is 4.99 Å². The number of halogens is 5. The van der Waals surface area contributed by atoms with E-state index in [1.165, 1.54) is 6.92 Å². The summed E-state index contributed by atoms with van der Waals surface area (Å²) in [5.74, 6) is -8.76. The van der Waals surface area contributed by atoms with Crippen molar-refractivity contribution in [1.29, 1.82) is 0 Å². The van der Waals surface area contributed by atoms with Gasteiger partial charge in [-0.1, -0.05) is 23.2 Å². The summed E-state index contributed by atoms with van der Waals surface area (Å²) in [6.45, 7) is 1.48. The van der Waals surface area contributed by atoms with E-state index >= 15 is 0 Å². The molecule has 0 spiro atoms. The van der Waals surface area contributed by atoms with Crippen LogP contribution >= 0.6 is 23.2 Å². The molecule has 1 fully saturated rings. The predicted octanol–water partition coefficient (Wildman–Crippen LogP) is 4.01. The van der Waals surface area contributed by atoms with Crippen molar-refractivity contribution in [3.05, 3.63) is 33.1 Å². The first-order valence-corrected chi connectivity index (χ1v) is 7.80. The summed E-state index contributed by atoms with van der Waals surface area (Å²) in [5, 5.41) is -2.31. The Morgan fingerprint density at radius 2 is 1.79 bits per heavy atom. The van der Waals surface area contributed by atoms with Gasteiger partial charge in [0.15, 0.2) is 29.2 Å². The molecule has 0 amide bonds. The molecular formula is C15H12Cl2F3NO3. The second-order valence-corrected chi connectivity index (χ2v) is 5.82. The zero-order valence-electron chi connectivity index (χ0n) is 12.4. The predicted molar refractivity (Wildman–Crippen MR) is 82.3 cm³/mol. The third-order valence-corrected chi connectivity index (χ3v) is 3.96. The average molecular weight is 382 g/mol. The van der Waals surface area contributed by atoms with Gasteiger partial charge in [-0.25, -0.2) is 13.2 Å². The number of ketones is 1. The zero-order valence-corrected chi connectivity index (χ0v) is 13.9. The Hall–Kier alpha value is -1.60. The fourth-order valence-electron chi connectivity index (χ4n) is 1.88. The van der Waals surface area contributed by atoms with Crippen molar-refractivity contribution in [2.45, 2.75) is 25.8 Å². The summed E-state index contributed by atoms with van der Waals surface area (Å²) in [6, 6.07) is -0.0245. The van der Waals surface area contributed by atoms with Gasteiger partial charge in [-0.05, 0) is 19.8 Å². The number of esters is 1. The molecule has 1 aromatic carbocycles. The van der Waals surface area contributed by atoms with Crippen molar-refractivity contribution in [2.24, 2.45) is 10.9 Å². The molecule has 24 heavy (non-hydrogen) atoms. The van der Waals surface area contributed by atoms with Crippen LogP contribution in [0.25, 0.3) is 0 Å². The largest absolute Gasteiger partial charge is 0.465 e. The normalized spacial score (nSPS) is 15.6. The summed E-state index contributed by atoms with van der Waals surface area (Å²) >= 11 is 10.9. The van der Waals surface area contributed by atoms with Crippen LogP contribution in [0, 0.1) is 23.4 Å². The molecule has 1 saturated carbocycles. The molecule has 130 valence electrons. The lowest BCUT2D eigenvalue weighted by molar-refractivity contribution is -0.143. The van der Waals surface area contributed by atoms with Crippen LogP contribution in [0.5, 0.6) is 0 Å². The minimum atomic E-state index is -1.71. The lowest BCUT2D eigenvalue weighted by Crippen LogP contribution is -2.29. The highest BCUT2D eigenvalue weighted by Crippen LogP contribution is 2.33. The van der Waals surface area contributed by atoms with Crippen molar-refractivity contribution in [3.63, 3.8) is 0 Å². The van der Waals surface area contributed by atoms with Crippen molar-refractivity contribution in [2.75, 3.05) is 6.61 Å². The Labute approximate surface area is 145 Å². The Balaban J connectivity index is 2.47. The van der Waals surface area contributed by atoms with Gasteiger partial charge in [-0.2, -0.15) is 0 Å². The number of ether oxygens (including phenoxy) is 1. The smallest absolute Gasteiger partial charge is 0.322 e. The molecule has 1 aromatic rings. The molecule has 1 aliphatic rings. The number of Topliss-reactive ketones (excluding diaryl/α,β-unsaturated/α-hetero) is 1. The number of nitrogens with zero attached hydrogens (tertiary/aromatic N) is 1. The monoisotopic (exact) mass is 381 g/mol. The van der Waals surface area contributed by atoms with Crippen molar-refractivity contribution in [3.8, 4) is 0 Å². The average Bonchev–Trinajstić information content (AvgIpc) is 3.36. The number of hydrogen-bond donors (Lipinski definition) is 0. The molecule has 0 N–H and O–H groups in total. The molecule has 0 heterocycles. The Morgan fingerprint density at radius 3 is 2.33 bits per heavy atom. The number of carbonyl (C=O) groups is 2. The van der Waals surface area contributed by atoms with Gasteiger partial charge in [-0.15, -0.1) is 0 Å². The van der Waals surface area contributed by atoms with Crippen molar-refractivity contribution in [1.82, 2.24) is 0 Å². The molecule has 0 aromatic heterocycles. The lowest BCUT2D eigenvalue weighted by Gasteiger charge is -2.13. The first kappa shape index (κ1) is 18.7. The van der Waals surface area contributed by atoms with Gasteiger partial charge >= 0.3 is 5.97 Å². The van der Waals surface area contributed by atoms with E-state index in [2.05, 4.69) is 4.99 Å². The molecular weight excluding hydrogens is 370 g/mol. The third-order valence-electron chi connectivity index (χ3n) is 3.27. The molecule has 4 nitrogen and oxygen atoms in total. The van der Waals surface area contributed by atoms with Crippen molar-refractivity contribution >= 4 is 41.2 Å². The highest BCUT2D eigenvalue weighted by Gasteiger charge is 2.35. The summed E-state index contributed by atoms with van der Waals surface area (Å²) in [5.41, 5.74) is -1.01. The first-order chi connectivity index (χ1) is 11.3. The molecule has 0 saturated heterocycles. The van der Waals surface area contributed by atoms with E-state index in [9.17, 15) is 22.8 Å². The standard InChI is InChI=1S/C15H12Cl2F3NO3/c1-2-24-15(23)7(5-21-6-3-4-6)14(22)8-9(16)12(19)13(20)10(17)11(8)18/h5-7H,2-4H2,1H3. The number of carbonyl (C=O) groups excluding carboxylic acids is 2. The maximum Gasteiger partial charge on any atom is 0.322 e. The van der Waals surface area contributed by atoms with Crippen LogP contribution in [0.4, 0.5) is 13.2 Å². The maximum absolute atomic E-state index is 14.1. The van der Waals surface area contributed by atoms with E-state index in [1.807, 2.05) is 0 Å². The summed E-state index contributed by atoms with van der Waals surface area (Å²) < 4.78 is 45.9. The molecule has 1 atom stereocenters. The van der Waals surface area contributed by atoms with Gasteiger partial charge in [-0.3, -0.25) is 14.6 Å². The van der Waals surface area contributed by atoms with Crippen LogP contribution in [0.3, 0.4) is 0 Å². The van der Waals surface area contributed by atoms with Gasteiger partial charge in [0.05, 0.1) is 17.2 Å². The molecule has 2 rings (SSSR count). The van der Waals surface area contributed by atoms with Crippen LogP contribution in [-0.4, -0.2) is 30.6 Å². The second kappa shape index (κ2) is 7.53. The second-order valence-electron chi connectivity index (χ2n) is 5.07. The maximum atomic E-state index is 14.1. The molecule has 0 bridgehead atoms. The van der Waals surface area contributed by atoms with Crippen LogP contribution in [0.2, 0.25) is 10.0 Å². The molecule has 0 aliphatic heterocycles. The highest BCUT2D eigenvalue weighted by molar-refractivity contribution is 6.37. The Kier molecular flexibility index (Phi) is 5.87. The number of aliphatic imine (C=N–C) groups is 1. The lowest BCUT2D eigenvalue weighted by atomic mass is 9.97. The van der Waals surface area contributed by atoms with Gasteiger partial charge in [0.25, 0.3) is 0 Å². The van der Waals surface area contributed by atoms with Crippen molar-refractivity contribution < 1.29 is 27.5 Å². The van der Waals surface area contributed by atoms with E-state index in [0.29, 0.717) is 0 Å². The quantitative estimate of drug-likeness (QED) is 0.187. The Bertz CT molecular complexity index is 691. The summed E-state index contributed by atoms with van der Waals surface area (Å²) in [4.78, 5) is 28.4. The zero-order chi connectivity index (χ0) is 18.0. The van der Waals surface area contributed by atoms with E-state index < -0.39 is 50.7 Å². The SMILES string of the molecule is CCOC(=O)C(C=NC1CC1)C(=O)c1c(F)c(Cl)c(F)c(F)c1Cl. The van der Waals surface area contributed by atoms with Crippen LogP contribution < -0.4 is 0 Å². The van der Waals surface area contributed by atoms with Gasteiger partial charge in [0.2, 0.25) is 0 Å². The molecule has 9 heteroatoms. The minimum Gasteiger partial charge on any atom is -0.465 e. The number of rotatable bonds is 6. The minimum absolute atomic E-state index is 0.0245.